The Hall–Kier alpha value is -11.7. The molecule has 1 saturated heterocycles. The Morgan fingerprint density at radius 3 is 1.43 bits per heavy atom. The Kier molecular flexibility index (Phi) is 33.2. The van der Waals surface area contributed by atoms with Crippen molar-refractivity contribution >= 4 is 116 Å². The van der Waals surface area contributed by atoms with E-state index in [2.05, 4.69) is 68.8 Å². The van der Waals surface area contributed by atoms with Crippen LogP contribution in [0.15, 0.2) is 140 Å². The highest BCUT2D eigenvalue weighted by Gasteiger charge is 2.43. The third-order valence-corrected chi connectivity index (χ3v) is 18.6. The van der Waals surface area contributed by atoms with E-state index in [1.165, 1.54) is 64.2 Å². The average molecular weight is 1560 g/mol. The van der Waals surface area contributed by atoms with Gasteiger partial charge in [0.2, 0.25) is 76.8 Å². The van der Waals surface area contributed by atoms with Gasteiger partial charge in [-0.25, -0.2) is 0 Å². The topological polar surface area (TPSA) is 449 Å². The quantitative estimate of drug-likeness (QED) is 0.0246. The average Bonchev–Trinajstić information content (AvgIpc) is 1.55. The van der Waals surface area contributed by atoms with Gasteiger partial charge in [-0.15, -0.1) is 0 Å². The number of carbonyl (C=O) groups is 14. The van der Waals surface area contributed by atoms with Crippen LogP contribution in [0, 0.1) is 5.92 Å². The molecule has 5 aromatic carbocycles. The molecule has 7 rings (SSSR count). The largest absolute Gasteiger partial charge is 0.394 e. The standard InChI is InChI=1S/C80H101ClN16O15/c1-45(2)36-61(77(109)95-71(96(9)69(102)32-34-84-46(3)4)80(112)97-35-13-17-68(97)79(111)85-47(5)70(82)103)89-73(105)64(39-52-21-28-59(29-22-52)86-48(6)99)91-75(107)65(40-53-23-30-60(31-24-53)87-49(7)100)93-78(110)67(44-98)94-76(108)66(42-55-14-12-33-83-43-55)92-74(106)63(38-51-19-26-58(81)27-20-51)90-72(104)62(88-50(8)101)41-54-18-25-56-15-10-11-16-57(56)37-54/h10-12,14-16,18-31,33,37,43,45-47,61-68,71,84,98H,13,17,32,34-36,38-42,44H2,1-9H3,(H2,82,103)(H,85,111)(H,86,99)(H,87,100)(H,88,101)(H,89,105)(H,90,104)(H,91,107)(H,92,106)(H,93,110)(H,94,108)(H,95,109)/t47-,61+,62-,63-,64-,65+,66-,67+,68-,71-/m1/s1. The number of anilines is 2. The molecule has 0 saturated carbocycles. The molecule has 32 heteroatoms. The number of fused-ring (bicyclic) bond motifs is 1. The first-order valence-electron chi connectivity index (χ1n) is 37.0. The van der Waals surface area contributed by atoms with Gasteiger partial charge in [-0.1, -0.05) is 124 Å². The molecule has 14 amide bonds. The molecule has 0 radical (unpaired) electrons. The number of nitrogens with zero attached hydrogens (tertiary/aromatic N) is 3. The highest BCUT2D eigenvalue weighted by molar-refractivity contribution is 6.30. The maximum Gasteiger partial charge on any atom is 0.266 e. The molecule has 0 unspecified atom stereocenters. The Labute approximate surface area is 655 Å². The highest BCUT2D eigenvalue weighted by Crippen LogP contribution is 2.23. The van der Waals surface area contributed by atoms with Crippen LogP contribution in [0.1, 0.15) is 109 Å². The Balaban J connectivity index is 1.20. The number of likely N-dealkylation sites (tertiary alicyclic amines) is 1. The molecule has 31 nitrogen and oxygen atoms in total. The third kappa shape index (κ3) is 27.4. The number of aliphatic hydroxyl groups is 1. The minimum atomic E-state index is -1.88. The van der Waals surface area contributed by atoms with Crippen LogP contribution in [0.5, 0.6) is 0 Å². The van der Waals surface area contributed by atoms with E-state index in [1.54, 1.807) is 86.6 Å². The minimum absolute atomic E-state index is 0.0175. The second-order valence-electron chi connectivity index (χ2n) is 28.5. The number of primary amides is 1. The molecule has 6 aromatic rings. The van der Waals surface area contributed by atoms with Gasteiger partial charge in [0.15, 0.2) is 6.17 Å². The van der Waals surface area contributed by atoms with Crippen molar-refractivity contribution in [3.05, 3.63) is 173 Å². The summed E-state index contributed by atoms with van der Waals surface area (Å²) in [5, 5.41) is 45.8. The van der Waals surface area contributed by atoms with Crippen LogP contribution in [-0.4, -0.2) is 196 Å². The van der Waals surface area contributed by atoms with Gasteiger partial charge >= 0.3 is 0 Å². The van der Waals surface area contributed by atoms with Crippen LogP contribution in [0.4, 0.5) is 11.4 Å². The molecule has 0 spiro atoms. The first kappa shape index (κ1) is 87.5. The maximum absolute atomic E-state index is 15.3. The summed E-state index contributed by atoms with van der Waals surface area (Å²) in [6.07, 6.45) is 0.340. The predicted molar refractivity (Wildman–Crippen MR) is 419 cm³/mol. The Morgan fingerprint density at radius 1 is 0.518 bits per heavy atom. The van der Waals surface area contributed by atoms with E-state index >= 15 is 14.4 Å². The van der Waals surface area contributed by atoms with Crippen LogP contribution >= 0.6 is 11.6 Å². The lowest BCUT2D eigenvalue weighted by molar-refractivity contribution is -0.150. The van der Waals surface area contributed by atoms with Crippen molar-refractivity contribution in [1.29, 1.82) is 0 Å². The Morgan fingerprint density at radius 2 is 0.964 bits per heavy atom. The number of aliphatic hydroxyl groups excluding tert-OH is 1. The molecule has 112 heavy (non-hydrogen) atoms. The lowest BCUT2D eigenvalue weighted by Crippen LogP contribution is -2.64. The summed E-state index contributed by atoms with van der Waals surface area (Å²) in [6, 6.07) is 22.0. The number of aromatic nitrogens is 1. The monoisotopic (exact) mass is 1560 g/mol. The lowest BCUT2D eigenvalue weighted by Gasteiger charge is -2.35. The van der Waals surface area contributed by atoms with Gasteiger partial charge in [0.25, 0.3) is 5.91 Å². The fourth-order valence-electron chi connectivity index (χ4n) is 12.5. The fourth-order valence-corrected chi connectivity index (χ4v) is 12.7. The number of likely N-dealkylation sites (N-methyl/N-ethyl adjacent to an activating group) is 1. The summed E-state index contributed by atoms with van der Waals surface area (Å²) in [5.74, 6) is -11.4. The first-order chi connectivity index (χ1) is 53.2. The van der Waals surface area contributed by atoms with Gasteiger partial charge in [0.1, 0.15) is 54.4 Å². The second kappa shape index (κ2) is 42.5. The van der Waals surface area contributed by atoms with Gasteiger partial charge < -0.3 is 84.4 Å². The number of pyridine rings is 1. The number of halogens is 1. The zero-order valence-electron chi connectivity index (χ0n) is 64.2. The van der Waals surface area contributed by atoms with Crippen molar-refractivity contribution in [1.82, 2.24) is 68.0 Å². The molecule has 598 valence electrons. The molecule has 0 bridgehead atoms. The van der Waals surface area contributed by atoms with Gasteiger partial charge in [-0.2, -0.15) is 0 Å². The second-order valence-corrected chi connectivity index (χ2v) is 28.9. The minimum Gasteiger partial charge on any atom is -0.394 e. The van der Waals surface area contributed by atoms with E-state index < -0.39 is 138 Å². The molecule has 0 aliphatic carbocycles. The normalized spacial score (nSPS) is 14.9. The number of nitrogens with two attached hydrogens (primary N) is 1. The van der Waals surface area contributed by atoms with E-state index in [4.69, 9.17) is 17.3 Å². The molecule has 15 N–H and O–H groups in total. The van der Waals surface area contributed by atoms with Crippen molar-refractivity contribution in [2.75, 3.05) is 37.4 Å². The van der Waals surface area contributed by atoms with Crippen molar-refractivity contribution in [2.24, 2.45) is 11.7 Å². The number of hydrogen-bond acceptors (Lipinski definition) is 17. The van der Waals surface area contributed by atoms with Gasteiger partial charge in [0.05, 0.1) is 6.61 Å². The van der Waals surface area contributed by atoms with E-state index in [0.717, 1.165) is 15.7 Å². The van der Waals surface area contributed by atoms with Crippen LogP contribution in [0.25, 0.3) is 10.8 Å². The van der Waals surface area contributed by atoms with E-state index in [9.17, 15) is 57.8 Å². The Bertz CT molecular complexity index is 4320. The lowest BCUT2D eigenvalue weighted by atomic mass is 9.99. The van der Waals surface area contributed by atoms with Crippen molar-refractivity contribution in [3.8, 4) is 0 Å². The summed E-state index contributed by atoms with van der Waals surface area (Å²) >= 11 is 6.26. The molecule has 1 aliphatic heterocycles. The molecule has 1 fully saturated rings. The first-order valence-corrected chi connectivity index (χ1v) is 37.4. The molecule has 1 aromatic heterocycles. The number of benzene rings is 5. The molecule has 2 heterocycles. The van der Waals surface area contributed by atoms with E-state index in [0.29, 0.717) is 50.6 Å². The van der Waals surface area contributed by atoms with Gasteiger partial charge in [-0.3, -0.25) is 72.1 Å². The number of nitrogens with one attached hydrogen (secondary N) is 12. The van der Waals surface area contributed by atoms with Crippen LogP contribution in [0.3, 0.4) is 0 Å². The highest BCUT2D eigenvalue weighted by atomic mass is 35.5. The van der Waals surface area contributed by atoms with Crippen LogP contribution in [-0.2, 0) is 99.2 Å². The zero-order valence-corrected chi connectivity index (χ0v) is 64.9. The summed E-state index contributed by atoms with van der Waals surface area (Å²) in [7, 11) is 1.30. The molecular formula is C80H101ClN16O15. The number of rotatable bonds is 39. The number of carbonyl (C=O) groups excluding carboxylic acids is 14. The van der Waals surface area contributed by atoms with Crippen LogP contribution in [0.2, 0.25) is 5.02 Å². The van der Waals surface area contributed by atoms with Crippen LogP contribution < -0.4 is 69.5 Å². The summed E-state index contributed by atoms with van der Waals surface area (Å²) in [5.41, 5.74) is 8.63. The third-order valence-electron chi connectivity index (χ3n) is 18.4. The van der Waals surface area contributed by atoms with Crippen molar-refractivity contribution in [2.45, 2.75) is 180 Å². The van der Waals surface area contributed by atoms with Gasteiger partial charge in [-0.05, 0) is 113 Å². The van der Waals surface area contributed by atoms with Gasteiger partial charge in [0, 0.05) is 114 Å². The smallest absolute Gasteiger partial charge is 0.266 e. The molecule has 1 aliphatic rings. The number of hydrogen-bond donors (Lipinski definition) is 14. The molecule has 10 atom stereocenters. The number of amides is 14. The zero-order chi connectivity index (χ0) is 81.9. The summed E-state index contributed by atoms with van der Waals surface area (Å²) in [4.78, 5) is 203. The summed E-state index contributed by atoms with van der Waals surface area (Å²) < 4.78 is 0. The van der Waals surface area contributed by atoms with E-state index in [-0.39, 0.29) is 88.2 Å². The predicted octanol–water partition coefficient (Wildman–Crippen LogP) is 2.04. The fraction of sp³-hybridized carbons (Fsp3) is 0.412. The van der Waals surface area contributed by atoms with E-state index in [1.807, 2.05) is 56.3 Å². The van der Waals surface area contributed by atoms with Crippen molar-refractivity contribution in [3.63, 3.8) is 0 Å². The summed E-state index contributed by atoms with van der Waals surface area (Å²) in [6.45, 7) is 11.6. The molecular weight excluding hydrogens is 1460 g/mol. The maximum atomic E-state index is 15.3. The van der Waals surface area contributed by atoms with Crippen molar-refractivity contribution < 1.29 is 72.2 Å². The SMILES string of the molecule is CC(=O)Nc1ccc(C[C@H](NC(=O)[C@H](CO)NC(=O)[C@@H](Cc2cccnc2)NC(=O)[C@@H](Cc2ccc(Cl)cc2)NC(=O)[C@@H](Cc2ccc3ccccc3c2)NC(C)=O)C(=O)N[C@H](Cc2ccc(NC(C)=O)cc2)C(=O)N[C@@H](CC(C)C)C(=O)N[C@@H](C(=O)N2CCC[C@@H]2C(=O)N[C@H](C)C(N)=O)N(C)C(=O)CCNC(C)C)cc1.